The first-order chi connectivity index (χ1) is 9.86. The number of nitrogens with zero attached hydrogens (tertiary/aromatic N) is 1. The van der Waals surface area contributed by atoms with Gasteiger partial charge in [-0.3, -0.25) is 4.98 Å². The second kappa shape index (κ2) is 6.06. The smallest absolute Gasteiger partial charge is 0.138 e. The Morgan fingerprint density at radius 3 is 2.70 bits per heavy atom. The van der Waals surface area contributed by atoms with Crippen molar-refractivity contribution in [2.24, 2.45) is 5.92 Å². The lowest BCUT2D eigenvalue weighted by molar-refractivity contribution is 0.135. The van der Waals surface area contributed by atoms with Crippen LogP contribution in [-0.2, 0) is 6.61 Å². The van der Waals surface area contributed by atoms with Crippen LogP contribution >= 0.6 is 0 Å². The van der Waals surface area contributed by atoms with Gasteiger partial charge < -0.3 is 9.84 Å². The zero-order valence-electron chi connectivity index (χ0n) is 11.4. The topological polar surface area (TPSA) is 42.4 Å². The average molecular weight is 269 g/mol. The van der Waals surface area contributed by atoms with Gasteiger partial charge in [0.25, 0.3) is 0 Å². The summed E-state index contributed by atoms with van der Waals surface area (Å²) in [6.45, 7) is 0.819. The van der Waals surface area contributed by atoms with E-state index in [0.29, 0.717) is 18.4 Å². The summed E-state index contributed by atoms with van der Waals surface area (Å²) in [6, 6.07) is 12.2. The third-order valence-electron chi connectivity index (χ3n) is 4.06. The zero-order chi connectivity index (χ0) is 13.8. The van der Waals surface area contributed by atoms with Crippen LogP contribution in [0.2, 0.25) is 0 Å². The second-order valence-corrected chi connectivity index (χ2v) is 5.35. The average Bonchev–Trinajstić information content (AvgIpc) is 2.46. The highest BCUT2D eigenvalue weighted by Gasteiger charge is 2.31. The Labute approximate surface area is 119 Å². The molecule has 0 bridgehead atoms. The summed E-state index contributed by atoms with van der Waals surface area (Å²) in [6.07, 6.45) is 5.88. The highest BCUT2D eigenvalue weighted by atomic mass is 16.5. The van der Waals surface area contributed by atoms with Crippen LogP contribution in [0.15, 0.2) is 48.8 Å². The van der Waals surface area contributed by atoms with E-state index in [1.165, 1.54) is 5.56 Å². The molecule has 1 aliphatic carbocycles. The molecule has 3 nitrogen and oxygen atoms in total. The summed E-state index contributed by atoms with van der Waals surface area (Å²) < 4.78 is 5.80. The minimum atomic E-state index is 0.264. The molecule has 0 amide bonds. The van der Waals surface area contributed by atoms with Crippen LogP contribution < -0.4 is 4.74 Å². The van der Waals surface area contributed by atoms with Crippen LogP contribution in [0.4, 0.5) is 0 Å². The van der Waals surface area contributed by atoms with Crippen molar-refractivity contribution in [2.75, 3.05) is 6.61 Å². The number of ether oxygens (including phenoxy) is 1. The molecule has 1 heterocycles. The van der Waals surface area contributed by atoms with Crippen molar-refractivity contribution in [1.29, 1.82) is 0 Å². The van der Waals surface area contributed by atoms with Gasteiger partial charge in [0.2, 0.25) is 0 Å². The quantitative estimate of drug-likeness (QED) is 0.906. The molecule has 1 fully saturated rings. The largest absolute Gasteiger partial charge is 0.487 e. The van der Waals surface area contributed by atoms with Gasteiger partial charge in [-0.25, -0.2) is 0 Å². The first-order valence-electron chi connectivity index (χ1n) is 7.09. The molecular formula is C17H19NO2. The molecule has 2 unspecified atom stereocenters. The number of rotatable bonds is 5. The maximum atomic E-state index is 9.29. The minimum absolute atomic E-state index is 0.264. The normalized spacial score (nSPS) is 21.2. The van der Waals surface area contributed by atoms with Crippen LogP contribution in [0, 0.1) is 5.92 Å². The molecule has 2 atom stereocenters. The van der Waals surface area contributed by atoms with Crippen LogP contribution in [0.3, 0.4) is 0 Å². The number of aromatic nitrogens is 1. The Bertz CT molecular complexity index is 554. The van der Waals surface area contributed by atoms with E-state index in [-0.39, 0.29) is 6.61 Å². The lowest BCUT2D eigenvalue weighted by atomic mass is 9.71. The summed E-state index contributed by atoms with van der Waals surface area (Å²) >= 11 is 0. The van der Waals surface area contributed by atoms with E-state index >= 15 is 0 Å². The van der Waals surface area contributed by atoms with Gasteiger partial charge in [-0.05, 0) is 41.9 Å². The van der Waals surface area contributed by atoms with Gasteiger partial charge in [-0.2, -0.15) is 0 Å². The predicted octanol–water partition coefficient (Wildman–Crippen LogP) is 3.15. The van der Waals surface area contributed by atoms with Gasteiger partial charge >= 0.3 is 0 Å². The van der Waals surface area contributed by atoms with Crippen molar-refractivity contribution in [3.8, 4) is 5.75 Å². The number of pyridine rings is 1. The van der Waals surface area contributed by atoms with Gasteiger partial charge in [0.15, 0.2) is 0 Å². The van der Waals surface area contributed by atoms with E-state index in [0.717, 1.165) is 24.2 Å². The standard InChI is InChI=1S/C17H19NO2/c19-11-14-6-7-17(14)15-8-16(10-18-9-15)20-12-13-4-2-1-3-5-13/h1-5,8-10,14,17,19H,6-7,11-12H2. The van der Waals surface area contributed by atoms with E-state index in [1.807, 2.05) is 36.5 Å². The summed E-state index contributed by atoms with van der Waals surface area (Å²) in [4.78, 5) is 4.26. The van der Waals surface area contributed by atoms with E-state index in [9.17, 15) is 5.11 Å². The molecule has 1 N–H and O–H groups in total. The van der Waals surface area contributed by atoms with Gasteiger partial charge in [-0.1, -0.05) is 30.3 Å². The molecule has 104 valence electrons. The lowest BCUT2D eigenvalue weighted by Gasteiger charge is -2.35. The number of hydrogen-bond donors (Lipinski definition) is 1. The van der Waals surface area contributed by atoms with Crippen LogP contribution in [0.1, 0.15) is 29.9 Å². The summed E-state index contributed by atoms with van der Waals surface area (Å²) in [5.41, 5.74) is 2.33. The van der Waals surface area contributed by atoms with Crippen LogP contribution in [0.25, 0.3) is 0 Å². The SMILES string of the molecule is OCC1CCC1c1cncc(OCc2ccccc2)c1. The number of aliphatic hydroxyl groups excluding tert-OH is 1. The Balaban J connectivity index is 1.66. The monoisotopic (exact) mass is 269 g/mol. The maximum absolute atomic E-state index is 9.29. The van der Waals surface area contributed by atoms with Gasteiger partial charge in [0.1, 0.15) is 12.4 Å². The van der Waals surface area contributed by atoms with Crippen LogP contribution in [0.5, 0.6) is 5.75 Å². The maximum Gasteiger partial charge on any atom is 0.138 e. The van der Waals surface area contributed by atoms with Gasteiger partial charge in [0, 0.05) is 12.8 Å². The van der Waals surface area contributed by atoms with E-state index in [4.69, 9.17) is 4.74 Å². The molecule has 0 radical (unpaired) electrons. The molecule has 0 saturated heterocycles. The number of benzene rings is 1. The second-order valence-electron chi connectivity index (χ2n) is 5.35. The summed E-state index contributed by atoms with van der Waals surface area (Å²) in [5.74, 6) is 1.63. The molecule has 1 aromatic carbocycles. The van der Waals surface area contributed by atoms with Crippen molar-refractivity contribution >= 4 is 0 Å². The third-order valence-corrected chi connectivity index (χ3v) is 4.06. The van der Waals surface area contributed by atoms with E-state index in [1.54, 1.807) is 6.20 Å². The fraction of sp³-hybridized carbons (Fsp3) is 0.353. The molecule has 3 heteroatoms. The summed E-state index contributed by atoms with van der Waals surface area (Å²) in [5, 5.41) is 9.29. The Morgan fingerprint density at radius 2 is 2.00 bits per heavy atom. The molecule has 20 heavy (non-hydrogen) atoms. The van der Waals surface area contributed by atoms with Crippen molar-refractivity contribution in [1.82, 2.24) is 4.98 Å². The molecule has 1 saturated carbocycles. The number of aliphatic hydroxyl groups is 1. The van der Waals surface area contributed by atoms with Gasteiger partial charge in [0.05, 0.1) is 6.20 Å². The zero-order valence-corrected chi connectivity index (χ0v) is 11.4. The Morgan fingerprint density at radius 1 is 1.15 bits per heavy atom. The van der Waals surface area contributed by atoms with Crippen molar-refractivity contribution in [3.63, 3.8) is 0 Å². The molecule has 1 aliphatic rings. The number of hydrogen-bond acceptors (Lipinski definition) is 3. The Hall–Kier alpha value is -1.87. The van der Waals surface area contributed by atoms with Crippen molar-refractivity contribution < 1.29 is 9.84 Å². The van der Waals surface area contributed by atoms with Gasteiger partial charge in [-0.15, -0.1) is 0 Å². The molecule has 0 aliphatic heterocycles. The first kappa shape index (κ1) is 13.1. The molecule has 2 aromatic rings. The molecule has 1 aromatic heterocycles. The first-order valence-corrected chi connectivity index (χ1v) is 7.09. The minimum Gasteiger partial charge on any atom is -0.487 e. The van der Waals surface area contributed by atoms with Crippen molar-refractivity contribution in [2.45, 2.75) is 25.4 Å². The van der Waals surface area contributed by atoms with E-state index < -0.39 is 0 Å². The summed E-state index contributed by atoms with van der Waals surface area (Å²) in [7, 11) is 0. The van der Waals surface area contributed by atoms with Crippen LogP contribution in [-0.4, -0.2) is 16.7 Å². The lowest BCUT2D eigenvalue weighted by Crippen LogP contribution is -2.26. The fourth-order valence-electron chi connectivity index (χ4n) is 2.68. The predicted molar refractivity (Wildman–Crippen MR) is 77.6 cm³/mol. The molecule has 0 spiro atoms. The highest BCUT2D eigenvalue weighted by molar-refractivity contribution is 5.28. The fourth-order valence-corrected chi connectivity index (χ4v) is 2.68. The van der Waals surface area contributed by atoms with E-state index in [2.05, 4.69) is 11.1 Å². The molecule has 3 rings (SSSR count). The third kappa shape index (κ3) is 2.83. The highest BCUT2D eigenvalue weighted by Crippen LogP contribution is 2.42. The Kier molecular flexibility index (Phi) is 3.97. The van der Waals surface area contributed by atoms with Crippen molar-refractivity contribution in [3.05, 3.63) is 59.9 Å². The molecular weight excluding hydrogens is 250 g/mol.